The molecule has 0 aromatic heterocycles. The van der Waals surface area contributed by atoms with E-state index >= 15 is 0 Å². The zero-order valence-electron chi connectivity index (χ0n) is 12.0. The number of hydrogen-bond donors (Lipinski definition) is 0. The van der Waals surface area contributed by atoms with Gasteiger partial charge in [0, 0.05) is 5.57 Å². The largest absolute Gasteiger partial charge is 0.462 e. The standard InChI is InChI=1S/C17H22O2/c1-4-10-16(17(18)19-6-3)13-14(5-2)15-11-8-7-9-12-15/h7-9,11-12H,4-6,10H2,1-3H3. The minimum Gasteiger partial charge on any atom is -0.462 e. The fourth-order valence-electron chi connectivity index (χ4n) is 1.87. The SMILES string of the molecule is CCCC(=C=C(CC)c1ccccc1)C(=O)OCC. The van der Waals surface area contributed by atoms with Gasteiger partial charge in [-0.3, -0.25) is 0 Å². The summed E-state index contributed by atoms with van der Waals surface area (Å²) >= 11 is 0. The van der Waals surface area contributed by atoms with E-state index in [2.05, 4.69) is 19.6 Å². The Morgan fingerprint density at radius 3 is 2.37 bits per heavy atom. The number of hydrogen-bond acceptors (Lipinski definition) is 2. The van der Waals surface area contributed by atoms with Crippen molar-refractivity contribution in [2.24, 2.45) is 0 Å². The van der Waals surface area contributed by atoms with Crippen LogP contribution in [-0.2, 0) is 9.53 Å². The van der Waals surface area contributed by atoms with E-state index < -0.39 is 0 Å². The van der Waals surface area contributed by atoms with Gasteiger partial charge in [0.15, 0.2) is 0 Å². The Morgan fingerprint density at radius 1 is 1.16 bits per heavy atom. The molecule has 0 N–H and O–H groups in total. The van der Waals surface area contributed by atoms with E-state index in [-0.39, 0.29) is 5.97 Å². The molecule has 0 radical (unpaired) electrons. The molecule has 1 aromatic rings. The molecule has 19 heavy (non-hydrogen) atoms. The van der Waals surface area contributed by atoms with Gasteiger partial charge in [0.05, 0.1) is 12.2 Å². The van der Waals surface area contributed by atoms with Gasteiger partial charge in [-0.25, -0.2) is 4.79 Å². The maximum absolute atomic E-state index is 11.9. The van der Waals surface area contributed by atoms with E-state index in [4.69, 9.17) is 4.74 Å². The molecule has 0 amide bonds. The van der Waals surface area contributed by atoms with Crippen LogP contribution in [0.3, 0.4) is 0 Å². The number of benzene rings is 1. The van der Waals surface area contributed by atoms with Gasteiger partial charge in [-0.15, -0.1) is 5.73 Å². The van der Waals surface area contributed by atoms with Gasteiger partial charge in [-0.2, -0.15) is 0 Å². The van der Waals surface area contributed by atoms with Crippen LogP contribution in [0, 0.1) is 0 Å². The van der Waals surface area contributed by atoms with Crippen molar-refractivity contribution >= 4 is 11.5 Å². The smallest absolute Gasteiger partial charge is 0.341 e. The fourth-order valence-corrected chi connectivity index (χ4v) is 1.87. The summed E-state index contributed by atoms with van der Waals surface area (Å²) in [6.07, 6.45) is 2.46. The third-order valence-electron chi connectivity index (χ3n) is 2.80. The van der Waals surface area contributed by atoms with Crippen LogP contribution in [0.1, 0.15) is 45.6 Å². The highest BCUT2D eigenvalue weighted by Crippen LogP contribution is 2.18. The van der Waals surface area contributed by atoms with Gasteiger partial charge in [0.25, 0.3) is 0 Å². The Kier molecular flexibility index (Phi) is 6.70. The van der Waals surface area contributed by atoms with E-state index in [1.807, 2.05) is 37.3 Å². The molecule has 2 heteroatoms. The molecule has 0 aliphatic rings. The molecule has 0 aliphatic carbocycles. The summed E-state index contributed by atoms with van der Waals surface area (Å²) in [6, 6.07) is 10.1. The van der Waals surface area contributed by atoms with Crippen LogP contribution in [0.15, 0.2) is 41.6 Å². The monoisotopic (exact) mass is 258 g/mol. The lowest BCUT2D eigenvalue weighted by Crippen LogP contribution is -2.07. The lowest BCUT2D eigenvalue weighted by atomic mass is 10.0. The van der Waals surface area contributed by atoms with Crippen molar-refractivity contribution in [2.45, 2.75) is 40.0 Å². The molecule has 1 rings (SSSR count). The van der Waals surface area contributed by atoms with E-state index in [0.29, 0.717) is 18.6 Å². The highest BCUT2D eigenvalue weighted by atomic mass is 16.5. The summed E-state index contributed by atoms with van der Waals surface area (Å²) < 4.78 is 5.09. The topological polar surface area (TPSA) is 26.3 Å². The van der Waals surface area contributed by atoms with Crippen LogP contribution in [-0.4, -0.2) is 12.6 Å². The Hall–Kier alpha value is -1.79. The number of carbonyl (C=O) groups is 1. The van der Waals surface area contributed by atoms with Gasteiger partial charge >= 0.3 is 5.97 Å². The molecule has 1 aromatic carbocycles. The van der Waals surface area contributed by atoms with Crippen molar-refractivity contribution < 1.29 is 9.53 Å². The second kappa shape index (κ2) is 8.34. The molecule has 102 valence electrons. The highest BCUT2D eigenvalue weighted by molar-refractivity contribution is 5.89. The molecular weight excluding hydrogens is 236 g/mol. The minimum absolute atomic E-state index is 0.244. The number of ether oxygens (including phenoxy) is 1. The van der Waals surface area contributed by atoms with Crippen LogP contribution in [0.25, 0.3) is 5.57 Å². The summed E-state index contributed by atoms with van der Waals surface area (Å²) in [6.45, 7) is 6.35. The molecule has 0 spiro atoms. The average molecular weight is 258 g/mol. The van der Waals surface area contributed by atoms with Crippen molar-refractivity contribution in [1.29, 1.82) is 0 Å². The second-order valence-corrected chi connectivity index (χ2v) is 4.27. The highest BCUT2D eigenvalue weighted by Gasteiger charge is 2.09. The molecule has 0 aliphatic heterocycles. The molecule has 0 atom stereocenters. The third-order valence-corrected chi connectivity index (χ3v) is 2.80. The van der Waals surface area contributed by atoms with Gasteiger partial charge in [0.1, 0.15) is 0 Å². The van der Waals surface area contributed by atoms with Crippen molar-refractivity contribution in [2.75, 3.05) is 6.61 Å². The maximum atomic E-state index is 11.9. The van der Waals surface area contributed by atoms with E-state index in [9.17, 15) is 4.79 Å². The maximum Gasteiger partial charge on any atom is 0.341 e. The molecule has 0 heterocycles. The van der Waals surface area contributed by atoms with Crippen LogP contribution >= 0.6 is 0 Å². The average Bonchev–Trinajstić information content (AvgIpc) is 2.44. The normalized spacial score (nSPS) is 9.63. The number of rotatable bonds is 6. The predicted molar refractivity (Wildman–Crippen MR) is 78.7 cm³/mol. The molecule has 0 bridgehead atoms. The fraction of sp³-hybridized carbons (Fsp3) is 0.412. The van der Waals surface area contributed by atoms with Crippen molar-refractivity contribution in [3.8, 4) is 0 Å². The molecule has 0 fully saturated rings. The number of carbonyl (C=O) groups excluding carboxylic acids is 1. The predicted octanol–water partition coefficient (Wildman–Crippen LogP) is 4.37. The Morgan fingerprint density at radius 2 is 1.84 bits per heavy atom. The molecule has 0 unspecified atom stereocenters. The lowest BCUT2D eigenvalue weighted by Gasteiger charge is -2.05. The third kappa shape index (κ3) is 4.76. The van der Waals surface area contributed by atoms with E-state index in [1.165, 1.54) is 0 Å². The Labute approximate surface area is 115 Å². The molecule has 0 saturated carbocycles. The molecule has 2 nitrogen and oxygen atoms in total. The second-order valence-electron chi connectivity index (χ2n) is 4.27. The molecular formula is C17H22O2. The zero-order valence-corrected chi connectivity index (χ0v) is 12.0. The van der Waals surface area contributed by atoms with E-state index in [0.717, 1.165) is 24.0 Å². The lowest BCUT2D eigenvalue weighted by molar-refractivity contribution is -0.138. The van der Waals surface area contributed by atoms with Gasteiger partial charge in [-0.05, 0) is 25.3 Å². The minimum atomic E-state index is -0.244. The summed E-state index contributed by atoms with van der Waals surface area (Å²) in [5.74, 6) is -0.244. The Bertz CT molecular complexity index is 465. The van der Waals surface area contributed by atoms with Crippen LogP contribution in [0.5, 0.6) is 0 Å². The van der Waals surface area contributed by atoms with Crippen molar-refractivity contribution in [3.63, 3.8) is 0 Å². The first-order valence-corrected chi connectivity index (χ1v) is 6.94. The van der Waals surface area contributed by atoms with Crippen LogP contribution in [0.4, 0.5) is 0 Å². The number of esters is 1. The van der Waals surface area contributed by atoms with Gasteiger partial charge in [-0.1, -0.05) is 50.6 Å². The first-order valence-electron chi connectivity index (χ1n) is 6.94. The first-order chi connectivity index (χ1) is 9.22. The van der Waals surface area contributed by atoms with Gasteiger partial charge < -0.3 is 4.74 Å². The zero-order chi connectivity index (χ0) is 14.1. The quantitative estimate of drug-likeness (QED) is 0.430. The van der Waals surface area contributed by atoms with Crippen molar-refractivity contribution in [1.82, 2.24) is 0 Å². The summed E-state index contributed by atoms with van der Waals surface area (Å²) in [4.78, 5) is 11.9. The van der Waals surface area contributed by atoms with Crippen LogP contribution in [0.2, 0.25) is 0 Å². The summed E-state index contributed by atoms with van der Waals surface area (Å²) in [5.41, 5.74) is 6.07. The van der Waals surface area contributed by atoms with Crippen LogP contribution < -0.4 is 0 Å². The van der Waals surface area contributed by atoms with Crippen molar-refractivity contribution in [3.05, 3.63) is 47.2 Å². The summed E-state index contributed by atoms with van der Waals surface area (Å²) in [5, 5.41) is 0. The Balaban J connectivity index is 3.20. The summed E-state index contributed by atoms with van der Waals surface area (Å²) in [7, 11) is 0. The first kappa shape index (κ1) is 15.3. The molecule has 0 saturated heterocycles. The van der Waals surface area contributed by atoms with E-state index in [1.54, 1.807) is 0 Å². The van der Waals surface area contributed by atoms with Gasteiger partial charge in [0.2, 0.25) is 0 Å².